The lowest BCUT2D eigenvalue weighted by Gasteiger charge is -2.26. The van der Waals surface area contributed by atoms with E-state index in [0.717, 1.165) is 47.6 Å². The van der Waals surface area contributed by atoms with Crippen molar-refractivity contribution in [2.45, 2.75) is 37.9 Å². The Morgan fingerprint density at radius 2 is 1.88 bits per heavy atom. The van der Waals surface area contributed by atoms with Crippen LogP contribution in [-0.4, -0.2) is 38.5 Å². The molecule has 0 N–H and O–H groups in total. The van der Waals surface area contributed by atoms with Gasteiger partial charge < -0.3 is 0 Å². The molecule has 6 heteroatoms. The van der Waals surface area contributed by atoms with Crippen LogP contribution in [0.4, 0.5) is 4.39 Å². The van der Waals surface area contributed by atoms with Crippen molar-refractivity contribution in [2.75, 3.05) is 18.8 Å². The summed E-state index contributed by atoms with van der Waals surface area (Å²) in [5.41, 5.74) is 1.99. The van der Waals surface area contributed by atoms with Gasteiger partial charge in [-0.05, 0) is 57.1 Å². The fourth-order valence-corrected chi connectivity index (χ4v) is 3.66. The molecule has 0 radical (unpaired) electrons. The molecule has 0 atom stereocenters. The summed E-state index contributed by atoms with van der Waals surface area (Å²) in [6.45, 7) is 8.93. The molecule has 0 amide bonds. The highest BCUT2D eigenvalue weighted by Crippen LogP contribution is 2.25. The SMILES string of the molecule is C=C(C)CSc1nnc(CN2CCCCC2)n1-c1ccc(F)cc1. The van der Waals surface area contributed by atoms with Gasteiger partial charge in [0, 0.05) is 11.4 Å². The van der Waals surface area contributed by atoms with Crippen molar-refractivity contribution < 1.29 is 4.39 Å². The molecular formula is C18H23FN4S. The Bertz CT molecular complexity index is 690. The van der Waals surface area contributed by atoms with E-state index in [1.54, 1.807) is 23.9 Å². The molecule has 0 aliphatic carbocycles. The van der Waals surface area contributed by atoms with E-state index >= 15 is 0 Å². The van der Waals surface area contributed by atoms with E-state index in [4.69, 9.17) is 0 Å². The van der Waals surface area contributed by atoms with Crippen LogP contribution in [0.1, 0.15) is 32.0 Å². The fourth-order valence-electron chi connectivity index (χ4n) is 2.85. The van der Waals surface area contributed by atoms with E-state index in [1.165, 1.54) is 31.4 Å². The number of thioether (sulfide) groups is 1. The number of hydrogen-bond donors (Lipinski definition) is 0. The minimum atomic E-state index is -0.236. The molecule has 1 aromatic carbocycles. The van der Waals surface area contributed by atoms with Crippen LogP contribution in [0.25, 0.3) is 5.69 Å². The number of nitrogens with zero attached hydrogens (tertiary/aromatic N) is 4. The van der Waals surface area contributed by atoms with Crippen LogP contribution >= 0.6 is 11.8 Å². The van der Waals surface area contributed by atoms with Gasteiger partial charge in [-0.1, -0.05) is 30.3 Å². The molecule has 1 aliphatic heterocycles. The average molecular weight is 346 g/mol. The number of halogens is 1. The number of piperidine rings is 1. The van der Waals surface area contributed by atoms with Crippen molar-refractivity contribution in [3.8, 4) is 5.69 Å². The summed E-state index contributed by atoms with van der Waals surface area (Å²) >= 11 is 1.61. The maximum atomic E-state index is 13.3. The van der Waals surface area contributed by atoms with Crippen molar-refractivity contribution in [3.63, 3.8) is 0 Å². The lowest BCUT2D eigenvalue weighted by Crippen LogP contribution is -2.30. The molecule has 1 fully saturated rings. The summed E-state index contributed by atoms with van der Waals surface area (Å²) in [6, 6.07) is 6.52. The quantitative estimate of drug-likeness (QED) is 0.583. The molecule has 1 saturated heterocycles. The molecule has 1 aromatic heterocycles. The van der Waals surface area contributed by atoms with E-state index in [0.29, 0.717) is 0 Å². The van der Waals surface area contributed by atoms with E-state index in [-0.39, 0.29) is 5.82 Å². The van der Waals surface area contributed by atoms with E-state index in [1.807, 2.05) is 11.5 Å². The molecule has 4 nitrogen and oxygen atoms in total. The van der Waals surface area contributed by atoms with Gasteiger partial charge in [0.05, 0.1) is 6.54 Å². The van der Waals surface area contributed by atoms with Crippen molar-refractivity contribution in [3.05, 3.63) is 48.1 Å². The van der Waals surface area contributed by atoms with Gasteiger partial charge in [0.25, 0.3) is 0 Å². The van der Waals surface area contributed by atoms with Crippen LogP contribution < -0.4 is 0 Å². The average Bonchev–Trinajstić information content (AvgIpc) is 2.97. The molecule has 0 unspecified atom stereocenters. The second-order valence-electron chi connectivity index (χ2n) is 6.29. The normalized spacial score (nSPS) is 15.6. The molecular weight excluding hydrogens is 323 g/mol. The third-order valence-corrected chi connectivity index (χ3v) is 5.21. The first-order valence-electron chi connectivity index (χ1n) is 8.33. The van der Waals surface area contributed by atoms with E-state index in [2.05, 4.69) is 21.7 Å². The minimum absolute atomic E-state index is 0.236. The zero-order valence-electron chi connectivity index (χ0n) is 14.0. The Kier molecular flexibility index (Phi) is 5.68. The van der Waals surface area contributed by atoms with Gasteiger partial charge in [-0.2, -0.15) is 0 Å². The number of benzene rings is 1. The lowest BCUT2D eigenvalue weighted by atomic mass is 10.1. The number of hydrogen-bond acceptors (Lipinski definition) is 4. The van der Waals surface area contributed by atoms with Crippen LogP contribution in [0.15, 0.2) is 41.6 Å². The summed E-state index contributed by atoms with van der Waals surface area (Å²) in [5, 5.41) is 9.61. The minimum Gasteiger partial charge on any atom is -0.296 e. The molecule has 0 spiro atoms. The van der Waals surface area contributed by atoms with E-state index in [9.17, 15) is 4.39 Å². The summed E-state index contributed by atoms with van der Waals surface area (Å²) < 4.78 is 15.3. The lowest BCUT2D eigenvalue weighted by molar-refractivity contribution is 0.214. The molecule has 1 aliphatic rings. The summed E-state index contributed by atoms with van der Waals surface area (Å²) in [5.74, 6) is 1.47. The second kappa shape index (κ2) is 7.94. The first-order chi connectivity index (χ1) is 11.6. The molecule has 3 rings (SSSR count). The smallest absolute Gasteiger partial charge is 0.196 e. The van der Waals surface area contributed by atoms with Crippen LogP contribution in [-0.2, 0) is 6.54 Å². The molecule has 24 heavy (non-hydrogen) atoms. The van der Waals surface area contributed by atoms with Gasteiger partial charge in [0.2, 0.25) is 0 Å². The van der Waals surface area contributed by atoms with Crippen LogP contribution in [0.2, 0.25) is 0 Å². The van der Waals surface area contributed by atoms with Crippen molar-refractivity contribution in [1.29, 1.82) is 0 Å². The predicted molar refractivity (Wildman–Crippen MR) is 96.0 cm³/mol. The maximum absolute atomic E-state index is 13.3. The molecule has 0 saturated carbocycles. The monoisotopic (exact) mass is 346 g/mol. The van der Waals surface area contributed by atoms with Crippen molar-refractivity contribution >= 4 is 11.8 Å². The first-order valence-corrected chi connectivity index (χ1v) is 9.32. The standard InChI is InChI=1S/C18H23FN4S/c1-14(2)13-24-18-21-20-17(12-22-10-4-3-5-11-22)23(18)16-8-6-15(19)7-9-16/h6-9H,1,3-5,10-13H2,2H3. The van der Waals surface area contributed by atoms with Crippen molar-refractivity contribution in [1.82, 2.24) is 19.7 Å². The molecule has 128 valence electrons. The Morgan fingerprint density at radius 3 is 2.54 bits per heavy atom. The highest BCUT2D eigenvalue weighted by atomic mass is 32.2. The van der Waals surface area contributed by atoms with Gasteiger partial charge in [-0.25, -0.2) is 4.39 Å². The van der Waals surface area contributed by atoms with Gasteiger partial charge in [-0.3, -0.25) is 9.47 Å². The molecule has 2 heterocycles. The summed E-state index contributed by atoms with van der Waals surface area (Å²) in [4.78, 5) is 2.42. The Labute approximate surface area is 146 Å². The number of rotatable bonds is 6. The first kappa shape index (κ1) is 17.2. The second-order valence-corrected chi connectivity index (χ2v) is 7.24. The van der Waals surface area contributed by atoms with Crippen LogP contribution in [0.3, 0.4) is 0 Å². The number of likely N-dealkylation sites (tertiary alicyclic amines) is 1. The van der Waals surface area contributed by atoms with Gasteiger partial charge in [0.15, 0.2) is 11.0 Å². The van der Waals surface area contributed by atoms with Gasteiger partial charge in [0.1, 0.15) is 5.82 Å². The maximum Gasteiger partial charge on any atom is 0.196 e. The Balaban J connectivity index is 1.89. The third kappa shape index (κ3) is 4.24. The van der Waals surface area contributed by atoms with E-state index < -0.39 is 0 Å². The largest absolute Gasteiger partial charge is 0.296 e. The zero-order valence-corrected chi connectivity index (χ0v) is 14.9. The zero-order chi connectivity index (χ0) is 16.9. The predicted octanol–water partition coefficient (Wildman–Crippen LogP) is 4.06. The Hall–Kier alpha value is -1.66. The summed E-state index contributed by atoms with van der Waals surface area (Å²) in [7, 11) is 0. The summed E-state index contributed by atoms with van der Waals surface area (Å²) in [6.07, 6.45) is 3.78. The Morgan fingerprint density at radius 1 is 1.17 bits per heavy atom. The van der Waals surface area contributed by atoms with Gasteiger partial charge >= 0.3 is 0 Å². The highest BCUT2D eigenvalue weighted by molar-refractivity contribution is 7.99. The number of aromatic nitrogens is 3. The third-order valence-electron chi connectivity index (χ3n) is 4.05. The van der Waals surface area contributed by atoms with Crippen molar-refractivity contribution in [2.24, 2.45) is 0 Å². The topological polar surface area (TPSA) is 34.0 Å². The fraction of sp³-hybridized carbons (Fsp3) is 0.444. The van der Waals surface area contributed by atoms with Gasteiger partial charge in [-0.15, -0.1) is 10.2 Å². The molecule has 2 aromatic rings. The molecule has 0 bridgehead atoms. The van der Waals surface area contributed by atoms with Crippen LogP contribution in [0.5, 0.6) is 0 Å². The van der Waals surface area contributed by atoms with Crippen LogP contribution in [0, 0.1) is 5.82 Å². The highest BCUT2D eigenvalue weighted by Gasteiger charge is 2.18.